The molecule has 0 fully saturated rings. The summed E-state index contributed by atoms with van der Waals surface area (Å²) in [6, 6.07) is 71.6. The number of aromatic nitrogens is 6. The topological polar surface area (TPSA) is 415 Å². The molecule has 0 unspecified atom stereocenters. The van der Waals surface area contributed by atoms with E-state index < -0.39 is 61.7 Å². The molecular formula is C103H100Cl2FN11O19S5. The molecule has 732 valence electrons. The van der Waals surface area contributed by atoms with Crippen molar-refractivity contribution < 1.29 is 89.3 Å². The number of hydrogen-bond donors (Lipinski definition) is 5. The number of anilines is 5. The molecular weight excluding hydrogens is 1950 g/mol. The summed E-state index contributed by atoms with van der Waals surface area (Å²) in [4.78, 5) is 62.4. The van der Waals surface area contributed by atoms with E-state index in [1.807, 2.05) is 67.5 Å². The van der Waals surface area contributed by atoms with Crippen molar-refractivity contribution in [1.82, 2.24) is 29.9 Å². The molecule has 0 amide bonds. The standard InChI is InChI=1S/C21H19FN2O4S.C21H20N2O4S.C20H19ClN2O4S.C20H19ClN2O3S.C20H19N3O4S.CH4/c1-14(2)28-17-8-10-18(11-9-17)29(26,27)24-21-19(7-4-12-23-21)20(25)15-5-3-6-16(22)13-15;1-15(2)27-17-10-12-18(13-11-17)28(25,26)23-19-9-6-14-22-20(19)21(24)16-7-4-3-5-8-16;1-14(2)26-16-6-8-18(9-7-16)28(24,25)23-19-10-5-15(21)12-20(19)27-17-4-3-11-22-13-17;1-14(2)15-5-8-18(9-6-15)27(24,25)23-19-10-7-16(21)12-20(19)26-17-4-3-11-22-13-17;1-14(2)27-16-3-5-17(6-4-16)28(25,26)23-19-9-12-22-13-18(19)20(24)15-7-10-21-11-8-15;/h3-14H,1-2H3,(H,23,24);3-15,23H,1-2H3;3-14,23H,1-2H3;3-14,23H,1-2H3;3-14H,1-2H3,(H,22,23);1H4. The van der Waals surface area contributed by atoms with E-state index in [1.54, 1.807) is 176 Å². The van der Waals surface area contributed by atoms with Gasteiger partial charge in [-0.15, -0.1) is 0 Å². The van der Waals surface area contributed by atoms with Crippen molar-refractivity contribution in [2.45, 2.75) is 131 Å². The third-order valence-electron chi connectivity index (χ3n) is 18.9. The first-order valence-corrected chi connectivity index (χ1v) is 51.1. The largest absolute Gasteiger partial charge is 0.491 e. The maximum Gasteiger partial charge on any atom is 0.263 e. The molecule has 0 aliphatic carbocycles. The van der Waals surface area contributed by atoms with E-state index in [0.29, 0.717) is 61.6 Å². The number of benzene rings is 9. The van der Waals surface area contributed by atoms with Crippen LogP contribution in [0.4, 0.5) is 33.0 Å². The summed E-state index contributed by atoms with van der Waals surface area (Å²) in [5, 5.41) is 0.843. The summed E-state index contributed by atoms with van der Waals surface area (Å²) in [7, 11) is -19.4. The Morgan fingerprint density at radius 1 is 0.305 bits per heavy atom. The van der Waals surface area contributed by atoms with E-state index in [9.17, 15) is 60.9 Å². The second kappa shape index (κ2) is 50.0. The van der Waals surface area contributed by atoms with Gasteiger partial charge in [0.25, 0.3) is 50.1 Å². The van der Waals surface area contributed by atoms with Crippen molar-refractivity contribution in [2.75, 3.05) is 23.6 Å². The summed E-state index contributed by atoms with van der Waals surface area (Å²) in [5.74, 6) is 2.15. The molecule has 0 saturated heterocycles. The Balaban J connectivity index is 0.000000181. The number of ketones is 3. The number of pyridine rings is 6. The maximum absolute atomic E-state index is 13.5. The van der Waals surface area contributed by atoms with E-state index in [1.165, 1.54) is 147 Å². The molecule has 0 saturated carbocycles. The van der Waals surface area contributed by atoms with E-state index in [2.05, 4.69) is 67.4 Å². The van der Waals surface area contributed by atoms with Crippen molar-refractivity contribution in [3.8, 4) is 46.0 Å². The average molecular weight is 2050 g/mol. The number of rotatable bonds is 34. The first kappa shape index (κ1) is 108. The van der Waals surface area contributed by atoms with Gasteiger partial charge in [-0.25, -0.2) is 51.5 Å². The molecule has 30 nitrogen and oxygen atoms in total. The van der Waals surface area contributed by atoms with Gasteiger partial charge in [-0.3, -0.25) is 62.9 Å². The summed E-state index contributed by atoms with van der Waals surface area (Å²) >= 11 is 12.1. The zero-order valence-electron chi connectivity index (χ0n) is 76.8. The third kappa shape index (κ3) is 32.0. The van der Waals surface area contributed by atoms with Crippen LogP contribution in [0.25, 0.3) is 0 Å². The molecule has 0 radical (unpaired) electrons. The predicted octanol–water partition coefficient (Wildman–Crippen LogP) is 22.4. The van der Waals surface area contributed by atoms with Gasteiger partial charge >= 0.3 is 0 Å². The number of carbonyl (C=O) groups excluding carboxylic acids is 3. The number of hydrogen-bond acceptors (Lipinski definition) is 25. The van der Waals surface area contributed by atoms with Gasteiger partial charge in [-0.05, 0) is 279 Å². The van der Waals surface area contributed by atoms with Gasteiger partial charge in [-0.1, -0.05) is 99.1 Å². The SMILES string of the molecule is C.CC(C)Oc1ccc(S(=O)(=O)Nc2ccc(Cl)cc2Oc2cccnc2)cc1.CC(C)Oc1ccc(S(=O)(=O)Nc2cccnc2C(=O)c2ccccc2)cc1.CC(C)Oc1ccc(S(=O)(=O)Nc2ccncc2C(=O)c2ccncc2)cc1.CC(C)Oc1ccc(S(=O)(=O)Nc2ncccc2C(=O)c2cccc(F)c2)cc1.CC(C)c1ccc(S(=O)(=O)Nc2ccc(Cl)cc2Oc2cccnc2)cc1. The van der Waals surface area contributed by atoms with Gasteiger partial charge in [0.15, 0.2) is 28.9 Å². The lowest BCUT2D eigenvalue weighted by atomic mass is 10.0. The number of sulfonamides is 5. The smallest absolute Gasteiger partial charge is 0.263 e. The van der Waals surface area contributed by atoms with Crippen LogP contribution in [-0.2, 0) is 50.1 Å². The van der Waals surface area contributed by atoms with Crippen molar-refractivity contribution in [3.05, 3.63) is 396 Å². The summed E-state index contributed by atoms with van der Waals surface area (Å²) in [6.45, 7) is 19.2. The Morgan fingerprint density at radius 3 is 1.09 bits per heavy atom. The number of carbonyl (C=O) groups is 3. The fourth-order valence-corrected chi connectivity index (χ4v) is 18.1. The van der Waals surface area contributed by atoms with Crippen molar-refractivity contribution in [1.29, 1.82) is 0 Å². The molecule has 0 aliphatic heterocycles. The minimum atomic E-state index is -4.00. The summed E-state index contributed by atoms with van der Waals surface area (Å²) in [5.41, 5.74) is 3.01. The highest BCUT2D eigenvalue weighted by Gasteiger charge is 2.27. The van der Waals surface area contributed by atoms with E-state index in [4.69, 9.17) is 51.6 Å². The number of nitrogens with zero attached hydrogens (tertiary/aromatic N) is 6. The highest BCUT2D eigenvalue weighted by atomic mass is 35.5. The van der Waals surface area contributed by atoms with Gasteiger partial charge in [0, 0.05) is 88.4 Å². The molecule has 141 heavy (non-hydrogen) atoms. The zero-order valence-corrected chi connectivity index (χ0v) is 82.4. The minimum Gasteiger partial charge on any atom is -0.491 e. The van der Waals surface area contributed by atoms with Crippen LogP contribution in [0.15, 0.2) is 365 Å². The van der Waals surface area contributed by atoms with Crippen LogP contribution in [0.5, 0.6) is 46.0 Å². The molecule has 15 aromatic rings. The van der Waals surface area contributed by atoms with Crippen LogP contribution < -0.4 is 52.0 Å². The van der Waals surface area contributed by atoms with Crippen LogP contribution in [0.1, 0.15) is 136 Å². The van der Waals surface area contributed by atoms with Gasteiger partial charge < -0.3 is 28.4 Å². The molecule has 0 atom stereocenters. The Morgan fingerprint density at radius 2 is 0.674 bits per heavy atom. The molecule has 38 heteroatoms. The minimum absolute atomic E-state index is 0. The fraction of sp³-hybridized carbons (Fsp3) is 0.155. The Bertz CT molecular complexity index is 7190. The van der Waals surface area contributed by atoms with Crippen LogP contribution in [0.2, 0.25) is 10.0 Å². The van der Waals surface area contributed by atoms with Crippen LogP contribution in [0, 0.1) is 5.82 Å². The van der Waals surface area contributed by atoms with Gasteiger partial charge in [0.1, 0.15) is 46.0 Å². The van der Waals surface area contributed by atoms with Crippen LogP contribution in [0.3, 0.4) is 0 Å². The van der Waals surface area contributed by atoms with Gasteiger partial charge in [-0.2, -0.15) is 0 Å². The van der Waals surface area contributed by atoms with E-state index in [-0.39, 0.29) is 130 Å². The highest BCUT2D eigenvalue weighted by molar-refractivity contribution is 7.94. The quantitative estimate of drug-likeness (QED) is 0.0234. The summed E-state index contributed by atoms with van der Waals surface area (Å²) in [6.07, 6.45) is 14.8. The molecule has 6 heterocycles. The summed E-state index contributed by atoms with van der Waals surface area (Å²) < 4.78 is 187. The molecule has 0 aliphatic rings. The first-order chi connectivity index (χ1) is 66.7. The molecule has 6 aromatic heterocycles. The average Bonchev–Trinajstić information content (AvgIpc) is 0.810. The highest BCUT2D eigenvalue weighted by Crippen LogP contribution is 2.38. The second-order valence-electron chi connectivity index (χ2n) is 31.5. The van der Waals surface area contributed by atoms with Crippen molar-refractivity contribution >= 4 is 119 Å². The second-order valence-corrected chi connectivity index (χ2v) is 40.8. The lowest BCUT2D eigenvalue weighted by molar-refractivity contribution is 0.102. The van der Waals surface area contributed by atoms with E-state index >= 15 is 0 Å². The lowest BCUT2D eigenvalue weighted by Crippen LogP contribution is -2.17. The maximum atomic E-state index is 13.5. The fourth-order valence-electron chi connectivity index (χ4n) is 12.5. The molecule has 15 rings (SSSR count). The number of ether oxygens (including phenoxy) is 6. The monoisotopic (exact) mass is 2040 g/mol. The third-order valence-corrected chi connectivity index (χ3v) is 26.3. The zero-order chi connectivity index (χ0) is 101. The predicted molar refractivity (Wildman–Crippen MR) is 542 cm³/mol. The molecule has 0 spiro atoms. The van der Waals surface area contributed by atoms with E-state index in [0.717, 1.165) is 11.6 Å². The van der Waals surface area contributed by atoms with Crippen molar-refractivity contribution in [2.24, 2.45) is 0 Å². The van der Waals surface area contributed by atoms with Crippen LogP contribution >= 0.6 is 23.2 Å². The Hall–Kier alpha value is -15.1. The number of nitrogens with one attached hydrogen (secondary N) is 5. The number of halogens is 3. The van der Waals surface area contributed by atoms with Crippen LogP contribution in [-0.4, -0.2) is 114 Å². The normalized spacial score (nSPS) is 11.2. The molecule has 5 N–H and O–H groups in total. The molecule has 9 aromatic carbocycles. The van der Waals surface area contributed by atoms with Crippen molar-refractivity contribution in [3.63, 3.8) is 0 Å². The van der Waals surface area contributed by atoms with Gasteiger partial charge in [0.2, 0.25) is 5.78 Å². The Kier molecular flexibility index (Phi) is 38.3. The Labute approximate surface area is 829 Å². The first-order valence-electron chi connectivity index (χ1n) is 42.9. The van der Waals surface area contributed by atoms with Gasteiger partial charge in [0.05, 0.1) is 95.2 Å². The lowest BCUT2D eigenvalue weighted by Gasteiger charge is -2.14. The molecule has 0 bridgehead atoms.